The molecule has 1 fully saturated rings. The van der Waals surface area contributed by atoms with Gasteiger partial charge < -0.3 is 14.8 Å². The van der Waals surface area contributed by atoms with E-state index in [1.54, 1.807) is 11.0 Å². The van der Waals surface area contributed by atoms with Crippen molar-refractivity contribution < 1.29 is 17.4 Å². The number of nitrogens with zero attached hydrogens (tertiary/aromatic N) is 1. The van der Waals surface area contributed by atoms with Crippen molar-refractivity contribution in [3.05, 3.63) is 22.2 Å². The molecule has 0 spiro atoms. The maximum Gasteiger partial charge on any atom is 0.306 e. The number of amides is 1. The van der Waals surface area contributed by atoms with Crippen LogP contribution < -0.4 is 9.92 Å². The Bertz CT molecular complexity index is 645. The molecule has 0 aliphatic carbocycles. The van der Waals surface area contributed by atoms with Gasteiger partial charge in [-0.2, -0.15) is 8.42 Å². The Morgan fingerprint density at radius 1 is 1.45 bits per heavy atom. The van der Waals surface area contributed by atoms with Gasteiger partial charge in [0.1, 0.15) is 5.75 Å². The fourth-order valence-electron chi connectivity index (χ4n) is 2.09. The van der Waals surface area contributed by atoms with Crippen LogP contribution in [0, 0.1) is 0 Å². The van der Waals surface area contributed by atoms with Crippen molar-refractivity contribution in [1.82, 2.24) is 4.90 Å². The van der Waals surface area contributed by atoms with Crippen LogP contribution in [0.2, 0.25) is 0 Å². The van der Waals surface area contributed by atoms with Gasteiger partial charge in [-0.15, -0.1) is 0 Å². The molecule has 1 aliphatic rings. The Morgan fingerprint density at radius 3 is 2.70 bits per heavy atom. The van der Waals surface area contributed by atoms with E-state index in [1.807, 2.05) is 0 Å². The molecule has 110 valence electrons. The molecule has 0 saturated carbocycles. The molecule has 1 aliphatic heterocycles. The number of carbonyl (C=O) groups is 1. The Balaban J connectivity index is 2.29. The van der Waals surface area contributed by atoms with Crippen LogP contribution in [-0.4, -0.2) is 32.0 Å². The maximum absolute atomic E-state index is 11.6. The smallest absolute Gasteiger partial charge is 0.306 e. The van der Waals surface area contributed by atoms with E-state index in [1.165, 1.54) is 6.07 Å². The first-order chi connectivity index (χ1) is 9.26. The molecule has 1 heterocycles. The minimum absolute atomic E-state index is 0.0879. The van der Waals surface area contributed by atoms with E-state index in [2.05, 4.69) is 15.9 Å². The highest BCUT2D eigenvalue weighted by molar-refractivity contribution is 9.10. The van der Waals surface area contributed by atoms with Gasteiger partial charge in [0.25, 0.3) is 0 Å². The number of likely N-dealkylation sites (tertiary alicyclic amines) is 1. The van der Waals surface area contributed by atoms with E-state index >= 15 is 0 Å². The van der Waals surface area contributed by atoms with Gasteiger partial charge in [0.2, 0.25) is 5.91 Å². The molecule has 1 aromatic carbocycles. The summed E-state index contributed by atoms with van der Waals surface area (Å²) < 4.78 is 27.8. The molecule has 2 rings (SSSR count). The van der Waals surface area contributed by atoms with Crippen molar-refractivity contribution in [1.29, 1.82) is 0 Å². The van der Waals surface area contributed by atoms with Crippen molar-refractivity contribution in [2.75, 3.05) is 18.5 Å². The van der Waals surface area contributed by atoms with E-state index in [-0.39, 0.29) is 11.7 Å². The van der Waals surface area contributed by atoms with E-state index in [0.717, 1.165) is 18.2 Å². The first-order valence-corrected chi connectivity index (χ1v) is 8.62. The monoisotopic (exact) mass is 362 g/mol. The number of rotatable bonds is 4. The quantitative estimate of drug-likeness (QED) is 0.647. The van der Waals surface area contributed by atoms with Crippen LogP contribution in [0.1, 0.15) is 18.4 Å². The third-order valence-electron chi connectivity index (χ3n) is 2.93. The minimum Gasteiger partial charge on any atom is -0.398 e. The molecule has 1 saturated heterocycles. The van der Waals surface area contributed by atoms with Crippen LogP contribution in [0.15, 0.2) is 16.6 Å². The molecular weight excluding hydrogens is 348 g/mol. The number of benzene rings is 1. The van der Waals surface area contributed by atoms with Gasteiger partial charge in [0.15, 0.2) is 0 Å². The summed E-state index contributed by atoms with van der Waals surface area (Å²) in [7, 11) is -3.61. The Hall–Kier alpha value is -1.28. The van der Waals surface area contributed by atoms with E-state index in [0.29, 0.717) is 29.7 Å². The minimum atomic E-state index is -3.61. The lowest BCUT2D eigenvalue weighted by atomic mass is 10.2. The van der Waals surface area contributed by atoms with Crippen molar-refractivity contribution in [2.45, 2.75) is 19.4 Å². The zero-order valence-corrected chi connectivity index (χ0v) is 13.3. The summed E-state index contributed by atoms with van der Waals surface area (Å²) in [6.07, 6.45) is 2.35. The second kappa shape index (κ2) is 5.61. The fourth-order valence-corrected chi connectivity index (χ4v) is 2.89. The van der Waals surface area contributed by atoms with Crippen molar-refractivity contribution in [2.24, 2.45) is 0 Å². The highest BCUT2D eigenvalue weighted by Crippen LogP contribution is 2.31. The van der Waals surface area contributed by atoms with Gasteiger partial charge in [0, 0.05) is 35.7 Å². The molecule has 0 unspecified atom stereocenters. The lowest BCUT2D eigenvalue weighted by Crippen LogP contribution is -2.24. The van der Waals surface area contributed by atoms with Crippen LogP contribution >= 0.6 is 15.9 Å². The number of carbonyl (C=O) groups excluding carboxylic acids is 1. The third-order valence-corrected chi connectivity index (χ3v) is 4.39. The van der Waals surface area contributed by atoms with Crippen LogP contribution in [0.25, 0.3) is 0 Å². The van der Waals surface area contributed by atoms with E-state index < -0.39 is 10.1 Å². The number of hydrogen-bond acceptors (Lipinski definition) is 5. The standard InChI is InChI=1S/C12H15BrN2O4S/c1-20(17,18)19-9-5-8(12(13)10(14)6-9)7-15-4-2-3-11(15)16/h5-6H,2-4,7,14H2,1H3. The summed E-state index contributed by atoms with van der Waals surface area (Å²) in [5, 5.41) is 0. The van der Waals surface area contributed by atoms with Crippen molar-refractivity contribution >= 4 is 37.6 Å². The molecule has 1 amide bonds. The molecule has 0 atom stereocenters. The van der Waals surface area contributed by atoms with Crippen LogP contribution in [0.4, 0.5) is 5.69 Å². The van der Waals surface area contributed by atoms with Crippen molar-refractivity contribution in [3.63, 3.8) is 0 Å². The normalized spacial score (nSPS) is 15.7. The Morgan fingerprint density at radius 2 is 2.15 bits per heavy atom. The second-order valence-corrected chi connectivity index (χ2v) is 7.06. The highest BCUT2D eigenvalue weighted by atomic mass is 79.9. The molecule has 6 nitrogen and oxygen atoms in total. The van der Waals surface area contributed by atoms with E-state index in [9.17, 15) is 13.2 Å². The molecule has 0 radical (unpaired) electrons. The van der Waals surface area contributed by atoms with Gasteiger partial charge in [-0.25, -0.2) is 0 Å². The summed E-state index contributed by atoms with van der Waals surface area (Å²) >= 11 is 3.35. The molecular formula is C12H15BrN2O4S. The summed E-state index contributed by atoms with van der Waals surface area (Å²) in [5.74, 6) is 0.236. The number of nitrogen functional groups attached to an aromatic ring is 1. The third kappa shape index (κ3) is 3.63. The van der Waals surface area contributed by atoms with Crippen LogP contribution in [-0.2, 0) is 21.5 Å². The van der Waals surface area contributed by atoms with Gasteiger partial charge in [-0.3, -0.25) is 4.79 Å². The SMILES string of the molecule is CS(=O)(=O)Oc1cc(N)c(Br)c(CN2CCCC2=O)c1. The highest BCUT2D eigenvalue weighted by Gasteiger charge is 2.22. The Labute approximate surface area is 126 Å². The lowest BCUT2D eigenvalue weighted by Gasteiger charge is -2.18. The fraction of sp³-hybridized carbons (Fsp3) is 0.417. The summed E-state index contributed by atoms with van der Waals surface area (Å²) in [5.41, 5.74) is 6.91. The van der Waals surface area contributed by atoms with Crippen molar-refractivity contribution in [3.8, 4) is 5.75 Å². The maximum atomic E-state index is 11.6. The predicted molar refractivity (Wildman–Crippen MR) is 78.7 cm³/mol. The summed E-state index contributed by atoms with van der Waals surface area (Å²) in [6, 6.07) is 3.01. The molecule has 0 bridgehead atoms. The largest absolute Gasteiger partial charge is 0.398 e. The predicted octanol–water partition coefficient (Wildman–Crippen LogP) is 1.49. The van der Waals surface area contributed by atoms with Gasteiger partial charge in [0.05, 0.1) is 6.26 Å². The topological polar surface area (TPSA) is 89.7 Å². The zero-order chi connectivity index (χ0) is 14.9. The molecule has 8 heteroatoms. The van der Waals surface area contributed by atoms with E-state index in [4.69, 9.17) is 9.92 Å². The Kier molecular flexibility index (Phi) is 4.24. The van der Waals surface area contributed by atoms with Gasteiger partial charge >= 0.3 is 10.1 Å². The number of nitrogens with two attached hydrogens (primary N) is 1. The number of hydrogen-bond donors (Lipinski definition) is 1. The van der Waals surface area contributed by atoms with Gasteiger partial charge in [-0.1, -0.05) is 0 Å². The first kappa shape index (κ1) is 15.1. The average Bonchev–Trinajstić information content (AvgIpc) is 2.69. The lowest BCUT2D eigenvalue weighted by molar-refractivity contribution is -0.128. The second-order valence-electron chi connectivity index (χ2n) is 4.69. The van der Waals surface area contributed by atoms with Crippen LogP contribution in [0.5, 0.6) is 5.75 Å². The molecule has 2 N–H and O–H groups in total. The number of anilines is 1. The molecule has 20 heavy (non-hydrogen) atoms. The first-order valence-electron chi connectivity index (χ1n) is 6.01. The molecule has 0 aromatic heterocycles. The summed E-state index contributed by atoms with van der Waals surface area (Å²) in [6.45, 7) is 1.08. The average molecular weight is 363 g/mol. The number of halogens is 1. The zero-order valence-electron chi connectivity index (χ0n) is 10.9. The molecule has 1 aromatic rings. The summed E-state index contributed by atoms with van der Waals surface area (Å²) in [4.78, 5) is 13.4. The van der Waals surface area contributed by atoms with Gasteiger partial charge in [-0.05, 0) is 34.0 Å². The van der Waals surface area contributed by atoms with Crippen LogP contribution in [0.3, 0.4) is 0 Å².